The minimum Gasteiger partial charge on any atom is -0.0851 e. The summed E-state index contributed by atoms with van der Waals surface area (Å²) in [7, 11) is 0. The molecule has 4 atom stereocenters. The van der Waals surface area contributed by atoms with Crippen LogP contribution < -0.4 is 0 Å². The molecule has 0 aliphatic heterocycles. The molecule has 0 nitrogen and oxygen atoms in total. The van der Waals surface area contributed by atoms with Crippen molar-refractivity contribution in [1.29, 1.82) is 0 Å². The molecule has 0 saturated carbocycles. The van der Waals surface area contributed by atoms with Crippen LogP contribution in [-0.2, 0) is 5.41 Å². The quantitative estimate of drug-likeness (QED) is 0.276. The summed E-state index contributed by atoms with van der Waals surface area (Å²) in [5.74, 6) is 3.42. The highest BCUT2D eigenvalue weighted by Crippen LogP contribution is 2.57. The predicted octanol–water partition coefficient (Wildman–Crippen LogP) is 11.6. The van der Waals surface area contributed by atoms with Gasteiger partial charge in [0.2, 0.25) is 0 Å². The number of hydrogen-bond donors (Lipinski definition) is 0. The van der Waals surface area contributed by atoms with Gasteiger partial charge in [0, 0.05) is 5.92 Å². The Kier molecular flexibility index (Phi) is 8.58. The molecule has 0 radical (unpaired) electrons. The van der Waals surface area contributed by atoms with E-state index in [4.69, 9.17) is 0 Å². The van der Waals surface area contributed by atoms with Crippen LogP contribution in [0.5, 0.6) is 0 Å². The molecule has 7 rings (SSSR count). The van der Waals surface area contributed by atoms with E-state index < -0.39 is 0 Å². The van der Waals surface area contributed by atoms with Gasteiger partial charge >= 0.3 is 0 Å². The maximum Gasteiger partial charge on any atom is 0.0529 e. The summed E-state index contributed by atoms with van der Waals surface area (Å²) in [4.78, 5) is 0. The molecule has 0 aromatic heterocycles. The summed E-state index contributed by atoms with van der Waals surface area (Å²) in [6, 6.07) is 27.2. The number of rotatable bonds is 4. The highest BCUT2D eigenvalue weighted by molar-refractivity contribution is 5.84. The topological polar surface area (TPSA) is 0 Å². The van der Waals surface area contributed by atoms with Crippen molar-refractivity contribution in [3.05, 3.63) is 155 Å². The highest BCUT2D eigenvalue weighted by atomic mass is 14.5. The maximum atomic E-state index is 2.47. The predicted molar refractivity (Wildman–Crippen MR) is 185 cm³/mol. The molecular formula is C43H48. The van der Waals surface area contributed by atoms with Gasteiger partial charge < -0.3 is 0 Å². The fraction of sp³-hybridized carbons (Fsp3) is 0.349. The first kappa shape index (κ1) is 29.4. The van der Waals surface area contributed by atoms with Gasteiger partial charge in [0.05, 0.1) is 5.41 Å². The lowest BCUT2D eigenvalue weighted by molar-refractivity contribution is 0.456. The monoisotopic (exact) mass is 564 g/mol. The average molecular weight is 565 g/mol. The van der Waals surface area contributed by atoms with Gasteiger partial charge in [0.1, 0.15) is 0 Å². The Balaban J connectivity index is 0.000000176. The molecule has 3 aromatic rings. The Bertz CT molecular complexity index is 1540. The normalized spacial score (nSPS) is 24.9. The van der Waals surface area contributed by atoms with Crippen LogP contribution in [0.2, 0.25) is 0 Å². The van der Waals surface area contributed by atoms with Crippen LogP contribution >= 0.6 is 0 Å². The molecule has 0 heterocycles. The first-order valence-corrected chi connectivity index (χ1v) is 16.6. The average Bonchev–Trinajstić information content (AvgIpc) is 3.34. The van der Waals surface area contributed by atoms with E-state index in [0.29, 0.717) is 11.8 Å². The van der Waals surface area contributed by atoms with Crippen LogP contribution in [-0.4, -0.2) is 0 Å². The molecule has 0 amide bonds. The number of aryl methyl sites for hydroxylation is 1. The van der Waals surface area contributed by atoms with Crippen molar-refractivity contribution in [2.24, 2.45) is 29.6 Å². The molecule has 0 N–H and O–H groups in total. The lowest BCUT2D eigenvalue weighted by Crippen LogP contribution is -2.35. The van der Waals surface area contributed by atoms with Gasteiger partial charge in [0.15, 0.2) is 0 Å². The van der Waals surface area contributed by atoms with Gasteiger partial charge in [-0.1, -0.05) is 153 Å². The van der Waals surface area contributed by atoms with Crippen molar-refractivity contribution in [2.45, 2.75) is 65.7 Å². The van der Waals surface area contributed by atoms with Gasteiger partial charge in [-0.05, 0) is 96.6 Å². The first-order chi connectivity index (χ1) is 20.9. The Hall–Kier alpha value is -3.64. The van der Waals surface area contributed by atoms with E-state index in [2.05, 4.69) is 156 Å². The van der Waals surface area contributed by atoms with Gasteiger partial charge in [-0.25, -0.2) is 0 Å². The first-order valence-electron chi connectivity index (χ1n) is 16.6. The number of benzene rings is 3. The van der Waals surface area contributed by atoms with Crippen molar-refractivity contribution < 1.29 is 0 Å². The van der Waals surface area contributed by atoms with Gasteiger partial charge in [-0.3, -0.25) is 0 Å². The number of hydrogen-bond acceptors (Lipinski definition) is 0. The van der Waals surface area contributed by atoms with Crippen LogP contribution in [0.15, 0.2) is 133 Å². The van der Waals surface area contributed by atoms with E-state index >= 15 is 0 Å². The summed E-state index contributed by atoms with van der Waals surface area (Å²) >= 11 is 0. The fourth-order valence-electron chi connectivity index (χ4n) is 7.72. The molecule has 0 spiro atoms. The van der Waals surface area contributed by atoms with Crippen LogP contribution in [0, 0.1) is 36.5 Å². The SMILES string of the molecule is CC1=CCC(C2(c3ccc(C)cc3)c3ccccc3-c3ccccc32)C=C1.CC1C=CC(C2=CCC(C(C)C)C=C2)CC1. The van der Waals surface area contributed by atoms with Crippen LogP contribution in [0.25, 0.3) is 11.1 Å². The van der Waals surface area contributed by atoms with Crippen molar-refractivity contribution in [1.82, 2.24) is 0 Å². The largest absolute Gasteiger partial charge is 0.0851 e. The summed E-state index contributed by atoms with van der Waals surface area (Å²) in [6.07, 6.45) is 24.2. The Morgan fingerprint density at radius 2 is 1.35 bits per heavy atom. The van der Waals surface area contributed by atoms with Gasteiger partial charge in [0.25, 0.3) is 0 Å². The molecule has 0 heteroatoms. The van der Waals surface area contributed by atoms with E-state index in [9.17, 15) is 0 Å². The second-order valence-electron chi connectivity index (χ2n) is 13.7. The van der Waals surface area contributed by atoms with E-state index in [-0.39, 0.29) is 5.41 Å². The van der Waals surface area contributed by atoms with Crippen LogP contribution in [0.4, 0.5) is 0 Å². The summed E-state index contributed by atoms with van der Waals surface area (Å²) in [5, 5.41) is 0. The van der Waals surface area contributed by atoms with Crippen LogP contribution in [0.1, 0.15) is 75.6 Å². The zero-order valence-electron chi connectivity index (χ0n) is 26.8. The second-order valence-corrected chi connectivity index (χ2v) is 13.7. The third-order valence-corrected chi connectivity index (χ3v) is 10.4. The fourth-order valence-corrected chi connectivity index (χ4v) is 7.72. The smallest absolute Gasteiger partial charge is 0.0529 e. The third kappa shape index (κ3) is 5.70. The number of fused-ring (bicyclic) bond motifs is 3. The maximum absolute atomic E-state index is 2.47. The molecule has 4 aliphatic rings. The van der Waals surface area contributed by atoms with E-state index in [1.165, 1.54) is 58.2 Å². The molecule has 4 unspecified atom stereocenters. The minimum atomic E-state index is -0.130. The molecule has 220 valence electrons. The summed E-state index contributed by atoms with van der Waals surface area (Å²) in [6.45, 7) is 11.3. The van der Waals surface area contributed by atoms with Crippen LogP contribution in [0.3, 0.4) is 0 Å². The van der Waals surface area contributed by atoms with E-state index in [1.807, 2.05) is 0 Å². The Morgan fingerprint density at radius 1 is 0.674 bits per heavy atom. The Morgan fingerprint density at radius 3 is 1.88 bits per heavy atom. The molecule has 4 aliphatic carbocycles. The van der Waals surface area contributed by atoms with E-state index in [0.717, 1.165) is 24.2 Å². The van der Waals surface area contributed by atoms with Crippen molar-refractivity contribution >= 4 is 0 Å². The highest BCUT2D eigenvalue weighted by Gasteiger charge is 2.48. The summed E-state index contributed by atoms with van der Waals surface area (Å²) < 4.78 is 0. The zero-order chi connectivity index (χ0) is 30.0. The van der Waals surface area contributed by atoms with Crippen molar-refractivity contribution in [2.75, 3.05) is 0 Å². The Labute approximate surface area is 260 Å². The number of allylic oxidation sites excluding steroid dienone is 10. The molecular weight excluding hydrogens is 516 g/mol. The molecule has 43 heavy (non-hydrogen) atoms. The standard InChI is InChI=1S/C27H24.C16H24/c1-19-11-15-21(16-12-19)27(22-17-13-20(2)14-18-22)25-9-5-3-7-23(25)24-8-4-6-10-26(24)27;1-12(2)14-8-10-16(11-9-14)15-6-4-13(3)5-7-15/h3-17,22H,18H2,1-2H3;4,6,8,10-15H,5,7,9H2,1-3H3. The van der Waals surface area contributed by atoms with Gasteiger partial charge in [-0.15, -0.1) is 0 Å². The molecule has 0 bridgehead atoms. The van der Waals surface area contributed by atoms with Crippen molar-refractivity contribution in [3.8, 4) is 11.1 Å². The minimum absolute atomic E-state index is 0.130. The zero-order valence-corrected chi connectivity index (χ0v) is 26.8. The second kappa shape index (κ2) is 12.5. The molecule has 0 fully saturated rings. The summed E-state index contributed by atoms with van der Waals surface area (Å²) in [5.41, 5.74) is 11.1. The third-order valence-electron chi connectivity index (χ3n) is 10.4. The lowest BCUT2D eigenvalue weighted by Gasteiger charge is -2.40. The molecule has 0 saturated heterocycles. The molecule has 3 aromatic carbocycles. The van der Waals surface area contributed by atoms with Crippen molar-refractivity contribution in [3.63, 3.8) is 0 Å². The lowest BCUT2D eigenvalue weighted by atomic mass is 9.62. The van der Waals surface area contributed by atoms with Gasteiger partial charge in [-0.2, -0.15) is 0 Å². The van der Waals surface area contributed by atoms with E-state index in [1.54, 1.807) is 5.57 Å².